The fourth-order valence-electron chi connectivity index (χ4n) is 2.74. The standard InChI is InChI=1S/C18H18Cl2N2O4S/c19-13-6-7-17(16(20)10-13)26-12-18(23)21-14-4-3-5-15(11-14)27(24,25)22-8-1-2-9-22/h3-7,10-11H,1-2,8-9,12H2,(H,21,23). The summed E-state index contributed by atoms with van der Waals surface area (Å²) in [5, 5.41) is 3.40. The molecule has 2 aromatic rings. The van der Waals surface area contributed by atoms with Gasteiger partial charge >= 0.3 is 0 Å². The molecule has 0 aliphatic carbocycles. The van der Waals surface area contributed by atoms with Gasteiger partial charge in [0.2, 0.25) is 10.0 Å². The number of nitrogens with one attached hydrogen (secondary N) is 1. The number of carbonyl (C=O) groups excluding carboxylic acids is 1. The fraction of sp³-hybridized carbons (Fsp3) is 0.278. The van der Waals surface area contributed by atoms with Crippen molar-refractivity contribution >= 4 is 44.8 Å². The van der Waals surface area contributed by atoms with E-state index in [1.807, 2.05) is 0 Å². The van der Waals surface area contributed by atoms with E-state index in [4.69, 9.17) is 27.9 Å². The predicted octanol–water partition coefficient (Wildman–Crippen LogP) is 3.80. The molecule has 2 aromatic carbocycles. The number of sulfonamides is 1. The van der Waals surface area contributed by atoms with Crippen molar-refractivity contribution in [1.29, 1.82) is 0 Å². The maximum Gasteiger partial charge on any atom is 0.262 e. The molecule has 0 bridgehead atoms. The summed E-state index contributed by atoms with van der Waals surface area (Å²) in [6, 6.07) is 10.9. The quantitative estimate of drug-likeness (QED) is 0.758. The Morgan fingerprint density at radius 2 is 1.85 bits per heavy atom. The van der Waals surface area contributed by atoms with Crippen LogP contribution >= 0.6 is 23.2 Å². The van der Waals surface area contributed by atoms with E-state index in [2.05, 4.69) is 5.32 Å². The first-order valence-electron chi connectivity index (χ1n) is 8.34. The Kier molecular flexibility index (Phi) is 6.26. The van der Waals surface area contributed by atoms with Gasteiger partial charge in [0.1, 0.15) is 5.75 Å². The Hall–Kier alpha value is -1.80. The van der Waals surface area contributed by atoms with E-state index < -0.39 is 15.9 Å². The highest BCUT2D eigenvalue weighted by atomic mass is 35.5. The molecule has 0 radical (unpaired) electrons. The Morgan fingerprint density at radius 3 is 2.56 bits per heavy atom. The molecule has 1 heterocycles. The maximum absolute atomic E-state index is 12.6. The summed E-state index contributed by atoms with van der Waals surface area (Å²) in [4.78, 5) is 12.3. The van der Waals surface area contributed by atoms with Gasteiger partial charge in [-0.2, -0.15) is 4.31 Å². The Balaban J connectivity index is 1.64. The van der Waals surface area contributed by atoms with Gasteiger partial charge in [-0.15, -0.1) is 0 Å². The lowest BCUT2D eigenvalue weighted by molar-refractivity contribution is -0.118. The normalized spacial score (nSPS) is 14.9. The Labute approximate surface area is 168 Å². The van der Waals surface area contributed by atoms with Crippen LogP contribution < -0.4 is 10.1 Å². The molecule has 144 valence electrons. The number of benzene rings is 2. The number of halogens is 2. The van der Waals surface area contributed by atoms with Crippen LogP contribution in [0.1, 0.15) is 12.8 Å². The van der Waals surface area contributed by atoms with Gasteiger partial charge in [-0.3, -0.25) is 4.79 Å². The van der Waals surface area contributed by atoms with Crippen molar-refractivity contribution in [2.75, 3.05) is 25.0 Å². The van der Waals surface area contributed by atoms with Crippen molar-refractivity contribution in [3.8, 4) is 5.75 Å². The maximum atomic E-state index is 12.6. The zero-order valence-electron chi connectivity index (χ0n) is 14.3. The molecule has 3 rings (SSSR count). The monoisotopic (exact) mass is 428 g/mol. The molecule has 0 saturated carbocycles. The third-order valence-corrected chi connectivity index (χ3v) is 6.50. The van der Waals surface area contributed by atoms with Crippen LogP contribution in [0.15, 0.2) is 47.4 Å². The lowest BCUT2D eigenvalue weighted by atomic mass is 10.3. The van der Waals surface area contributed by atoms with Crippen molar-refractivity contribution in [1.82, 2.24) is 4.31 Å². The summed E-state index contributed by atoms with van der Waals surface area (Å²) < 4.78 is 32.1. The number of hydrogen-bond acceptors (Lipinski definition) is 4. The summed E-state index contributed by atoms with van der Waals surface area (Å²) in [7, 11) is -3.54. The molecule has 1 amide bonds. The van der Waals surface area contributed by atoms with Crippen LogP contribution in [0, 0.1) is 0 Å². The molecule has 27 heavy (non-hydrogen) atoms. The van der Waals surface area contributed by atoms with Crippen LogP contribution in [-0.4, -0.2) is 38.3 Å². The average molecular weight is 429 g/mol. The molecular formula is C18H18Cl2N2O4S. The predicted molar refractivity (Wildman–Crippen MR) is 105 cm³/mol. The smallest absolute Gasteiger partial charge is 0.262 e. The Bertz CT molecular complexity index is 944. The van der Waals surface area contributed by atoms with E-state index in [1.54, 1.807) is 24.3 Å². The zero-order valence-corrected chi connectivity index (χ0v) is 16.6. The van der Waals surface area contributed by atoms with Crippen molar-refractivity contribution in [2.45, 2.75) is 17.7 Å². The molecule has 1 aliphatic heterocycles. The third-order valence-electron chi connectivity index (χ3n) is 4.07. The number of rotatable bonds is 6. The van der Waals surface area contributed by atoms with Gasteiger partial charge in [0.05, 0.1) is 9.92 Å². The van der Waals surface area contributed by atoms with E-state index in [0.29, 0.717) is 34.6 Å². The highest BCUT2D eigenvalue weighted by Crippen LogP contribution is 2.27. The summed E-state index contributed by atoms with van der Waals surface area (Å²) in [6.45, 7) is 0.772. The van der Waals surface area contributed by atoms with Crippen LogP contribution in [0.25, 0.3) is 0 Å². The van der Waals surface area contributed by atoms with Gasteiger partial charge in [0, 0.05) is 23.8 Å². The molecular weight excluding hydrogens is 411 g/mol. The van der Waals surface area contributed by atoms with E-state index in [-0.39, 0.29) is 11.5 Å². The van der Waals surface area contributed by atoms with Crippen LogP contribution in [0.4, 0.5) is 5.69 Å². The number of anilines is 1. The van der Waals surface area contributed by atoms with E-state index in [0.717, 1.165) is 12.8 Å². The molecule has 1 aliphatic rings. The minimum atomic E-state index is -3.54. The molecule has 0 unspecified atom stereocenters. The summed E-state index contributed by atoms with van der Waals surface area (Å²) in [5.74, 6) is -0.0988. The van der Waals surface area contributed by atoms with E-state index in [9.17, 15) is 13.2 Å². The number of carbonyl (C=O) groups is 1. The number of hydrogen-bond donors (Lipinski definition) is 1. The number of amides is 1. The van der Waals surface area contributed by atoms with E-state index >= 15 is 0 Å². The largest absolute Gasteiger partial charge is 0.482 e. The van der Waals surface area contributed by atoms with Crippen LogP contribution in [-0.2, 0) is 14.8 Å². The third kappa shape index (κ3) is 4.93. The van der Waals surface area contributed by atoms with Gasteiger partial charge < -0.3 is 10.1 Å². The van der Waals surface area contributed by atoms with E-state index in [1.165, 1.54) is 22.5 Å². The summed E-state index contributed by atoms with van der Waals surface area (Å²) in [5.41, 5.74) is 0.381. The first-order chi connectivity index (χ1) is 12.9. The van der Waals surface area contributed by atoms with Crippen LogP contribution in [0.5, 0.6) is 5.75 Å². The second-order valence-corrected chi connectivity index (χ2v) is 8.83. The minimum absolute atomic E-state index is 0.156. The van der Waals surface area contributed by atoms with Crippen LogP contribution in [0.2, 0.25) is 10.0 Å². The first kappa shape index (κ1) is 19.9. The Morgan fingerprint density at radius 1 is 1.11 bits per heavy atom. The van der Waals surface area contributed by atoms with Gasteiger partial charge in [-0.1, -0.05) is 29.3 Å². The molecule has 1 N–H and O–H groups in total. The van der Waals surface area contributed by atoms with Gasteiger partial charge in [-0.05, 0) is 49.2 Å². The van der Waals surface area contributed by atoms with Gasteiger partial charge in [-0.25, -0.2) is 8.42 Å². The molecule has 0 aromatic heterocycles. The molecule has 0 spiro atoms. The molecule has 0 atom stereocenters. The minimum Gasteiger partial charge on any atom is -0.482 e. The van der Waals surface area contributed by atoms with Crippen molar-refractivity contribution < 1.29 is 17.9 Å². The topological polar surface area (TPSA) is 75.7 Å². The lowest BCUT2D eigenvalue weighted by Crippen LogP contribution is -2.28. The fourth-order valence-corrected chi connectivity index (χ4v) is 4.77. The second kappa shape index (κ2) is 8.48. The molecule has 9 heteroatoms. The average Bonchev–Trinajstić information content (AvgIpc) is 3.17. The second-order valence-electron chi connectivity index (χ2n) is 6.05. The first-order valence-corrected chi connectivity index (χ1v) is 10.5. The summed E-state index contributed by atoms with van der Waals surface area (Å²) in [6.07, 6.45) is 1.72. The van der Waals surface area contributed by atoms with Crippen LogP contribution in [0.3, 0.4) is 0 Å². The molecule has 1 fully saturated rings. The highest BCUT2D eigenvalue weighted by molar-refractivity contribution is 7.89. The van der Waals surface area contributed by atoms with Crippen molar-refractivity contribution in [3.05, 3.63) is 52.5 Å². The van der Waals surface area contributed by atoms with Gasteiger partial charge in [0.15, 0.2) is 6.61 Å². The molecule has 1 saturated heterocycles. The lowest BCUT2D eigenvalue weighted by Gasteiger charge is -2.16. The SMILES string of the molecule is O=C(COc1ccc(Cl)cc1Cl)Nc1cccc(S(=O)(=O)N2CCCC2)c1. The number of ether oxygens (including phenoxy) is 1. The van der Waals surface area contributed by atoms with Crippen molar-refractivity contribution in [3.63, 3.8) is 0 Å². The zero-order chi connectivity index (χ0) is 19.4. The summed E-state index contributed by atoms with van der Waals surface area (Å²) >= 11 is 11.8. The number of nitrogens with zero attached hydrogens (tertiary/aromatic N) is 1. The van der Waals surface area contributed by atoms with Crippen molar-refractivity contribution in [2.24, 2.45) is 0 Å². The highest BCUT2D eigenvalue weighted by Gasteiger charge is 2.27. The molecule has 6 nitrogen and oxygen atoms in total. The van der Waals surface area contributed by atoms with Gasteiger partial charge in [0.25, 0.3) is 5.91 Å².